The van der Waals surface area contributed by atoms with E-state index in [2.05, 4.69) is 39.5 Å². The van der Waals surface area contributed by atoms with Gasteiger partial charge in [0.2, 0.25) is 0 Å². The van der Waals surface area contributed by atoms with Crippen LogP contribution in [-0.2, 0) is 0 Å². The van der Waals surface area contributed by atoms with Crippen molar-refractivity contribution in [2.24, 2.45) is 11.8 Å². The molecule has 0 amide bonds. The zero-order valence-corrected chi connectivity index (χ0v) is 22.9. The van der Waals surface area contributed by atoms with Crippen LogP contribution in [0.4, 0.5) is 0 Å². The first-order valence-electron chi connectivity index (χ1n) is 14.8. The average Bonchev–Trinajstić information content (AvgIpc) is 2.72. The molecule has 0 saturated heterocycles. The first kappa shape index (κ1) is 31.0. The summed E-state index contributed by atoms with van der Waals surface area (Å²) >= 11 is 0. The van der Waals surface area contributed by atoms with Gasteiger partial charge in [-0.2, -0.15) is 0 Å². The van der Waals surface area contributed by atoms with Crippen molar-refractivity contribution in [2.75, 3.05) is 19.6 Å². The highest BCUT2D eigenvalue weighted by Crippen LogP contribution is 2.14. The van der Waals surface area contributed by atoms with Crippen LogP contribution in [0.15, 0.2) is 0 Å². The molecule has 0 unspecified atom stereocenters. The Hall–Kier alpha value is -0.0400. The lowest BCUT2D eigenvalue weighted by Crippen LogP contribution is -2.27. The van der Waals surface area contributed by atoms with Gasteiger partial charge >= 0.3 is 0 Å². The van der Waals surface area contributed by atoms with Gasteiger partial charge in [0.1, 0.15) is 0 Å². The van der Waals surface area contributed by atoms with Gasteiger partial charge in [0.25, 0.3) is 0 Å². The van der Waals surface area contributed by atoms with Gasteiger partial charge in [-0.25, -0.2) is 0 Å². The van der Waals surface area contributed by atoms with E-state index in [4.69, 9.17) is 0 Å². The van der Waals surface area contributed by atoms with Crippen molar-refractivity contribution in [3.63, 3.8) is 0 Å². The summed E-state index contributed by atoms with van der Waals surface area (Å²) < 4.78 is 0. The van der Waals surface area contributed by atoms with Gasteiger partial charge in [0.05, 0.1) is 0 Å². The molecule has 0 spiro atoms. The van der Waals surface area contributed by atoms with E-state index < -0.39 is 0 Å². The molecule has 31 heavy (non-hydrogen) atoms. The Kier molecular flexibility index (Phi) is 24.6. The molecule has 0 aromatic carbocycles. The minimum Gasteiger partial charge on any atom is -0.303 e. The van der Waals surface area contributed by atoms with Crippen LogP contribution in [0.3, 0.4) is 0 Å². The molecular formula is C30H63N. The van der Waals surface area contributed by atoms with Crippen molar-refractivity contribution < 1.29 is 0 Å². The summed E-state index contributed by atoms with van der Waals surface area (Å²) in [5, 5.41) is 0. The second kappa shape index (κ2) is 24.6. The van der Waals surface area contributed by atoms with E-state index in [9.17, 15) is 0 Å². The van der Waals surface area contributed by atoms with Crippen molar-refractivity contribution >= 4 is 0 Å². The Morgan fingerprint density at radius 1 is 0.387 bits per heavy atom. The smallest absolute Gasteiger partial charge is 0.00186 e. The zero-order valence-electron chi connectivity index (χ0n) is 22.9. The molecule has 0 rings (SSSR count). The maximum absolute atomic E-state index is 2.77. The Labute approximate surface area is 199 Å². The third kappa shape index (κ3) is 26.1. The summed E-state index contributed by atoms with van der Waals surface area (Å²) in [6.07, 6.45) is 28.9. The number of unbranched alkanes of at least 4 members (excludes halogenated alkanes) is 15. The number of nitrogens with zero attached hydrogens (tertiary/aromatic N) is 1. The van der Waals surface area contributed by atoms with Gasteiger partial charge in [0, 0.05) is 0 Å². The van der Waals surface area contributed by atoms with Crippen molar-refractivity contribution in [3.05, 3.63) is 0 Å². The number of hydrogen-bond acceptors (Lipinski definition) is 1. The molecule has 0 aliphatic carbocycles. The molecule has 0 atom stereocenters. The Bertz CT molecular complexity index is 308. The summed E-state index contributed by atoms with van der Waals surface area (Å²) in [4.78, 5) is 2.77. The highest BCUT2D eigenvalue weighted by atomic mass is 15.1. The lowest BCUT2D eigenvalue weighted by atomic mass is 10.0. The third-order valence-corrected chi connectivity index (χ3v) is 6.84. The zero-order chi connectivity index (χ0) is 23.0. The van der Waals surface area contributed by atoms with Crippen molar-refractivity contribution in [1.29, 1.82) is 0 Å². The monoisotopic (exact) mass is 437 g/mol. The first-order valence-corrected chi connectivity index (χ1v) is 14.8. The molecule has 0 saturated carbocycles. The molecule has 188 valence electrons. The number of rotatable bonds is 25. The van der Waals surface area contributed by atoms with Gasteiger partial charge in [0.15, 0.2) is 0 Å². The molecule has 0 bridgehead atoms. The lowest BCUT2D eigenvalue weighted by molar-refractivity contribution is 0.248. The van der Waals surface area contributed by atoms with Gasteiger partial charge in [-0.15, -0.1) is 0 Å². The summed E-state index contributed by atoms with van der Waals surface area (Å²) in [6, 6.07) is 0. The highest BCUT2D eigenvalue weighted by molar-refractivity contribution is 4.61. The van der Waals surface area contributed by atoms with Gasteiger partial charge in [-0.1, -0.05) is 131 Å². The summed E-state index contributed by atoms with van der Waals surface area (Å²) in [7, 11) is 0. The molecule has 0 aromatic rings. The van der Waals surface area contributed by atoms with Crippen molar-refractivity contribution in [3.8, 4) is 0 Å². The van der Waals surface area contributed by atoms with Crippen molar-refractivity contribution in [1.82, 2.24) is 4.90 Å². The molecule has 0 heterocycles. The van der Waals surface area contributed by atoms with E-state index in [1.807, 2.05) is 0 Å². The number of hydrogen-bond donors (Lipinski definition) is 0. The van der Waals surface area contributed by atoms with Gasteiger partial charge in [-0.05, 0) is 63.6 Å². The summed E-state index contributed by atoms with van der Waals surface area (Å²) in [6.45, 7) is 15.7. The third-order valence-electron chi connectivity index (χ3n) is 6.84. The van der Waals surface area contributed by atoms with Crippen LogP contribution in [0.2, 0.25) is 0 Å². The molecule has 1 nitrogen and oxygen atoms in total. The van der Waals surface area contributed by atoms with E-state index in [1.54, 1.807) is 0 Å². The van der Waals surface area contributed by atoms with Crippen LogP contribution < -0.4 is 0 Å². The first-order chi connectivity index (χ1) is 15.1. The summed E-state index contributed by atoms with van der Waals surface area (Å²) in [5.74, 6) is 1.71. The predicted molar refractivity (Wildman–Crippen MR) is 144 cm³/mol. The molecular weight excluding hydrogens is 374 g/mol. The van der Waals surface area contributed by atoms with Crippen LogP contribution in [-0.4, -0.2) is 24.5 Å². The highest BCUT2D eigenvalue weighted by Gasteiger charge is 2.06. The molecule has 0 aliphatic rings. The predicted octanol–water partition coefficient (Wildman–Crippen LogP) is 10.4. The maximum atomic E-state index is 2.77. The van der Waals surface area contributed by atoms with Gasteiger partial charge < -0.3 is 4.90 Å². The van der Waals surface area contributed by atoms with E-state index in [0.29, 0.717) is 0 Å². The quantitative estimate of drug-likeness (QED) is 0.128. The maximum Gasteiger partial charge on any atom is -0.00186 e. The van der Waals surface area contributed by atoms with E-state index in [0.717, 1.165) is 11.8 Å². The molecule has 0 radical (unpaired) electrons. The van der Waals surface area contributed by atoms with Crippen LogP contribution in [0.5, 0.6) is 0 Å². The standard InChI is InChI=1S/C30H63N/c1-6-7-8-9-10-11-12-13-14-15-16-17-18-19-20-21-26-31(27-22-24-29(2)3)28-23-25-30(4)5/h29-30H,6-28H2,1-5H3. The second-order valence-electron chi connectivity index (χ2n) is 11.2. The molecule has 0 fully saturated rings. The van der Waals surface area contributed by atoms with E-state index in [1.165, 1.54) is 148 Å². The van der Waals surface area contributed by atoms with E-state index in [-0.39, 0.29) is 0 Å². The van der Waals surface area contributed by atoms with E-state index >= 15 is 0 Å². The van der Waals surface area contributed by atoms with Crippen LogP contribution in [0.1, 0.15) is 163 Å². The minimum absolute atomic E-state index is 0.855. The second-order valence-corrected chi connectivity index (χ2v) is 11.2. The largest absolute Gasteiger partial charge is 0.303 e. The molecule has 0 aliphatic heterocycles. The normalized spacial score (nSPS) is 12.0. The molecule has 1 heteroatoms. The fraction of sp³-hybridized carbons (Fsp3) is 1.00. The Morgan fingerprint density at radius 2 is 0.677 bits per heavy atom. The average molecular weight is 438 g/mol. The lowest BCUT2D eigenvalue weighted by Gasteiger charge is -2.23. The van der Waals surface area contributed by atoms with Crippen LogP contribution >= 0.6 is 0 Å². The van der Waals surface area contributed by atoms with Crippen LogP contribution in [0.25, 0.3) is 0 Å². The Morgan fingerprint density at radius 3 is 1.00 bits per heavy atom. The molecule has 0 aromatic heterocycles. The SMILES string of the molecule is CCCCCCCCCCCCCCCCCCN(CCCC(C)C)CCCC(C)C. The Balaban J connectivity index is 3.50. The summed E-state index contributed by atoms with van der Waals surface area (Å²) in [5.41, 5.74) is 0. The molecule has 0 N–H and O–H groups in total. The fourth-order valence-corrected chi connectivity index (χ4v) is 4.67. The van der Waals surface area contributed by atoms with Crippen molar-refractivity contribution in [2.45, 2.75) is 163 Å². The minimum atomic E-state index is 0.855. The van der Waals surface area contributed by atoms with Gasteiger partial charge in [-0.3, -0.25) is 0 Å². The topological polar surface area (TPSA) is 3.24 Å². The fourth-order valence-electron chi connectivity index (χ4n) is 4.67. The van der Waals surface area contributed by atoms with Crippen LogP contribution in [0, 0.1) is 11.8 Å².